The van der Waals surface area contributed by atoms with Crippen LogP contribution in [-0.4, -0.2) is 18.3 Å². The Morgan fingerprint density at radius 3 is 1.89 bits per heavy atom. The van der Waals surface area contributed by atoms with Crippen molar-refractivity contribution in [3.05, 3.63) is 12.3 Å². The van der Waals surface area contributed by atoms with E-state index in [1.165, 1.54) is 6.34 Å². The lowest BCUT2D eigenvalue weighted by molar-refractivity contribution is 0.704. The molecule has 0 aromatic rings. The molecule has 0 aliphatic rings. The molecular formula is C7H16N2. The average Bonchev–Trinajstić information content (AvgIpc) is 1.93. The minimum atomic E-state index is 1.25. The second kappa shape index (κ2) is 10.2. The Labute approximate surface area is 57.7 Å². The highest BCUT2D eigenvalue weighted by Gasteiger charge is 1.73. The molecule has 0 aliphatic heterocycles. The molecule has 0 radical (unpaired) electrons. The maximum absolute atomic E-state index is 6.66. The summed E-state index contributed by atoms with van der Waals surface area (Å²) in [5, 5.41) is 6.66. The Kier molecular flexibility index (Phi) is 12.6. The van der Waals surface area contributed by atoms with E-state index in [0.717, 1.165) is 0 Å². The molecule has 0 bridgehead atoms. The summed E-state index contributed by atoms with van der Waals surface area (Å²) < 4.78 is 0. The predicted molar refractivity (Wildman–Crippen MR) is 42.7 cm³/mol. The van der Waals surface area contributed by atoms with Crippen molar-refractivity contribution in [3.8, 4) is 0 Å². The molecule has 9 heavy (non-hydrogen) atoms. The zero-order chi connectivity index (χ0) is 7.70. The van der Waals surface area contributed by atoms with Crippen LogP contribution in [0, 0.1) is 5.41 Å². The van der Waals surface area contributed by atoms with E-state index in [1.807, 2.05) is 40.1 Å². The van der Waals surface area contributed by atoms with Gasteiger partial charge in [-0.15, -0.1) is 0 Å². The lowest BCUT2D eigenvalue weighted by atomic mass is 10.7. The molecule has 0 rings (SSSR count). The summed E-state index contributed by atoms with van der Waals surface area (Å²) in [7, 11) is 1.81. The SMILES string of the molecule is C/C=C\N(C)C=N.CC. The van der Waals surface area contributed by atoms with E-state index in [-0.39, 0.29) is 0 Å². The fraction of sp³-hybridized carbons (Fsp3) is 0.571. The van der Waals surface area contributed by atoms with Gasteiger partial charge >= 0.3 is 0 Å². The smallest absolute Gasteiger partial charge is 0.0854 e. The van der Waals surface area contributed by atoms with Crippen molar-refractivity contribution in [3.63, 3.8) is 0 Å². The second-order valence-electron chi connectivity index (χ2n) is 1.28. The van der Waals surface area contributed by atoms with E-state index >= 15 is 0 Å². The monoisotopic (exact) mass is 128 g/mol. The van der Waals surface area contributed by atoms with E-state index in [9.17, 15) is 0 Å². The molecule has 2 heteroatoms. The molecular weight excluding hydrogens is 112 g/mol. The lowest BCUT2D eigenvalue weighted by Crippen LogP contribution is -2.04. The van der Waals surface area contributed by atoms with Crippen LogP contribution in [0.3, 0.4) is 0 Å². The highest BCUT2D eigenvalue weighted by Crippen LogP contribution is 1.74. The normalized spacial score (nSPS) is 8.00. The van der Waals surface area contributed by atoms with Gasteiger partial charge in [-0.05, 0) is 6.92 Å². The Hall–Kier alpha value is -0.790. The Morgan fingerprint density at radius 1 is 1.33 bits per heavy atom. The summed E-state index contributed by atoms with van der Waals surface area (Å²) >= 11 is 0. The molecule has 0 unspecified atom stereocenters. The molecule has 1 N–H and O–H groups in total. The van der Waals surface area contributed by atoms with Gasteiger partial charge < -0.3 is 4.90 Å². The molecule has 0 saturated carbocycles. The van der Waals surface area contributed by atoms with Crippen molar-refractivity contribution in [2.75, 3.05) is 7.05 Å². The summed E-state index contributed by atoms with van der Waals surface area (Å²) in [4.78, 5) is 1.67. The molecule has 0 aromatic heterocycles. The molecule has 2 nitrogen and oxygen atoms in total. The Bertz CT molecular complexity index is 77.0. The van der Waals surface area contributed by atoms with Crippen LogP contribution in [0.15, 0.2) is 12.3 Å². The van der Waals surface area contributed by atoms with Crippen molar-refractivity contribution in [1.82, 2.24) is 4.90 Å². The van der Waals surface area contributed by atoms with Gasteiger partial charge in [-0.25, -0.2) is 0 Å². The molecule has 0 heterocycles. The number of hydrogen-bond donors (Lipinski definition) is 1. The number of nitrogens with zero attached hydrogens (tertiary/aromatic N) is 1. The first-order valence-corrected chi connectivity index (χ1v) is 3.16. The largest absolute Gasteiger partial charge is 0.343 e. The highest BCUT2D eigenvalue weighted by molar-refractivity contribution is 5.51. The van der Waals surface area contributed by atoms with Gasteiger partial charge in [-0.3, -0.25) is 5.41 Å². The fourth-order valence-corrected chi connectivity index (χ4v) is 0.278. The highest BCUT2D eigenvalue weighted by atomic mass is 15.1. The predicted octanol–water partition coefficient (Wildman–Crippen LogP) is 2.09. The van der Waals surface area contributed by atoms with Gasteiger partial charge in [0.15, 0.2) is 0 Å². The summed E-state index contributed by atoms with van der Waals surface area (Å²) in [6.07, 6.45) is 4.94. The molecule has 0 saturated heterocycles. The minimum Gasteiger partial charge on any atom is -0.343 e. The van der Waals surface area contributed by atoms with E-state index in [0.29, 0.717) is 0 Å². The van der Waals surface area contributed by atoms with Crippen LogP contribution in [-0.2, 0) is 0 Å². The zero-order valence-corrected chi connectivity index (χ0v) is 6.68. The van der Waals surface area contributed by atoms with Crippen LogP contribution in [0.2, 0.25) is 0 Å². The number of rotatable bonds is 2. The molecule has 0 spiro atoms. The van der Waals surface area contributed by atoms with Crippen molar-refractivity contribution in [2.24, 2.45) is 0 Å². The van der Waals surface area contributed by atoms with Crippen molar-refractivity contribution in [1.29, 1.82) is 5.41 Å². The summed E-state index contributed by atoms with van der Waals surface area (Å²) in [5.74, 6) is 0. The van der Waals surface area contributed by atoms with E-state index < -0.39 is 0 Å². The van der Waals surface area contributed by atoms with Crippen LogP contribution < -0.4 is 0 Å². The van der Waals surface area contributed by atoms with Gasteiger partial charge in [0.1, 0.15) is 0 Å². The zero-order valence-electron chi connectivity index (χ0n) is 6.68. The van der Waals surface area contributed by atoms with Crippen molar-refractivity contribution < 1.29 is 0 Å². The summed E-state index contributed by atoms with van der Waals surface area (Å²) in [6.45, 7) is 5.92. The second-order valence-corrected chi connectivity index (χ2v) is 1.28. The third kappa shape index (κ3) is 11.0. The fourth-order valence-electron chi connectivity index (χ4n) is 0.278. The quantitative estimate of drug-likeness (QED) is 0.447. The molecule has 0 atom stereocenters. The topological polar surface area (TPSA) is 27.1 Å². The Morgan fingerprint density at radius 2 is 1.78 bits per heavy atom. The van der Waals surface area contributed by atoms with Crippen molar-refractivity contribution >= 4 is 6.34 Å². The van der Waals surface area contributed by atoms with Crippen LogP contribution in [0.1, 0.15) is 20.8 Å². The molecule has 54 valence electrons. The number of nitrogens with one attached hydrogen (secondary N) is 1. The van der Waals surface area contributed by atoms with E-state index in [4.69, 9.17) is 5.41 Å². The van der Waals surface area contributed by atoms with Gasteiger partial charge in [-0.1, -0.05) is 19.9 Å². The van der Waals surface area contributed by atoms with Gasteiger partial charge in [0.05, 0.1) is 6.34 Å². The van der Waals surface area contributed by atoms with Crippen molar-refractivity contribution in [2.45, 2.75) is 20.8 Å². The van der Waals surface area contributed by atoms with Gasteiger partial charge in [-0.2, -0.15) is 0 Å². The first kappa shape index (κ1) is 11.1. The summed E-state index contributed by atoms with van der Waals surface area (Å²) in [5.41, 5.74) is 0. The van der Waals surface area contributed by atoms with Crippen LogP contribution in [0.25, 0.3) is 0 Å². The average molecular weight is 128 g/mol. The maximum Gasteiger partial charge on any atom is 0.0854 e. The van der Waals surface area contributed by atoms with Crippen LogP contribution in [0.4, 0.5) is 0 Å². The van der Waals surface area contributed by atoms with E-state index in [2.05, 4.69) is 0 Å². The molecule has 0 aromatic carbocycles. The summed E-state index contributed by atoms with van der Waals surface area (Å²) in [6, 6.07) is 0. The van der Waals surface area contributed by atoms with Gasteiger partial charge in [0, 0.05) is 13.2 Å². The number of allylic oxidation sites excluding steroid dienone is 1. The first-order valence-electron chi connectivity index (χ1n) is 3.16. The van der Waals surface area contributed by atoms with Gasteiger partial charge in [0.25, 0.3) is 0 Å². The maximum atomic E-state index is 6.66. The lowest BCUT2D eigenvalue weighted by Gasteiger charge is -2.00. The number of hydrogen-bond acceptors (Lipinski definition) is 1. The third-order valence-electron chi connectivity index (χ3n) is 0.588. The molecule has 0 aliphatic carbocycles. The van der Waals surface area contributed by atoms with Crippen LogP contribution in [0.5, 0.6) is 0 Å². The molecule has 0 fully saturated rings. The van der Waals surface area contributed by atoms with Gasteiger partial charge in [0.2, 0.25) is 0 Å². The van der Waals surface area contributed by atoms with Crippen LogP contribution >= 0.6 is 0 Å². The Balaban J connectivity index is 0. The standard InChI is InChI=1S/C5H10N2.C2H6/c1-3-4-7(2)5-6;1-2/h3-6H,1-2H3;1-2H3/b4-3-,6-5?;. The first-order chi connectivity index (χ1) is 4.31. The third-order valence-corrected chi connectivity index (χ3v) is 0.588. The minimum absolute atomic E-state index is 1.25. The molecule has 0 amide bonds. The van der Waals surface area contributed by atoms with E-state index in [1.54, 1.807) is 4.90 Å².